The minimum Gasteiger partial charge on any atom is -0.313 e. The molecule has 2 rings (SSSR count). The second-order valence-corrected chi connectivity index (χ2v) is 7.53. The molecule has 2 atom stereocenters. The van der Waals surface area contributed by atoms with Crippen molar-refractivity contribution >= 4 is 11.3 Å². The fraction of sp³-hybridized carbons (Fsp3) is 0.812. The highest BCUT2D eigenvalue weighted by atomic mass is 32.1. The van der Waals surface area contributed by atoms with Crippen LogP contribution < -0.4 is 5.32 Å². The average molecular weight is 295 g/mol. The quantitative estimate of drug-likeness (QED) is 0.898. The lowest BCUT2D eigenvalue weighted by atomic mass is 10.0. The molecule has 1 aliphatic heterocycles. The maximum atomic E-state index is 4.60. The van der Waals surface area contributed by atoms with Gasteiger partial charge in [0.25, 0.3) is 0 Å². The summed E-state index contributed by atoms with van der Waals surface area (Å²) < 4.78 is 0. The Morgan fingerprint density at radius 3 is 2.55 bits per heavy atom. The van der Waals surface area contributed by atoms with Crippen LogP contribution in [0.4, 0.5) is 0 Å². The second kappa shape index (κ2) is 7.01. The van der Waals surface area contributed by atoms with Crippen molar-refractivity contribution in [3.63, 3.8) is 0 Å². The smallest absolute Gasteiger partial charge is 0.0900 e. The first-order valence-electron chi connectivity index (χ1n) is 7.92. The van der Waals surface area contributed by atoms with Gasteiger partial charge >= 0.3 is 0 Å². The Balaban J connectivity index is 2.09. The van der Waals surface area contributed by atoms with Crippen LogP contribution in [0.5, 0.6) is 0 Å². The lowest BCUT2D eigenvalue weighted by Crippen LogP contribution is -2.46. The van der Waals surface area contributed by atoms with E-state index in [1.54, 1.807) is 0 Å². The maximum absolute atomic E-state index is 4.60. The van der Waals surface area contributed by atoms with E-state index in [0.717, 1.165) is 6.54 Å². The monoisotopic (exact) mass is 295 g/mol. The molecule has 0 aliphatic carbocycles. The van der Waals surface area contributed by atoms with Crippen LogP contribution in [-0.2, 0) is 0 Å². The number of aromatic nitrogens is 1. The van der Waals surface area contributed by atoms with Gasteiger partial charge in [0.05, 0.1) is 10.7 Å². The summed E-state index contributed by atoms with van der Waals surface area (Å²) in [6.07, 6.45) is 4.02. The van der Waals surface area contributed by atoms with Gasteiger partial charge in [-0.1, -0.05) is 6.42 Å². The zero-order chi connectivity index (χ0) is 14.7. The molecule has 1 N–H and O–H groups in total. The summed E-state index contributed by atoms with van der Waals surface area (Å²) in [7, 11) is 0. The minimum atomic E-state index is 0.463. The van der Waals surface area contributed by atoms with Gasteiger partial charge in [-0.25, -0.2) is 4.98 Å². The van der Waals surface area contributed by atoms with E-state index < -0.39 is 0 Å². The molecule has 0 bridgehead atoms. The van der Waals surface area contributed by atoms with Crippen LogP contribution in [0.25, 0.3) is 0 Å². The SMILES string of the molecule is Cc1nc(C)c(C(C)N(CC2CCCCN2)C(C)C)s1. The van der Waals surface area contributed by atoms with E-state index in [2.05, 4.69) is 49.8 Å². The lowest BCUT2D eigenvalue weighted by molar-refractivity contribution is 0.139. The van der Waals surface area contributed by atoms with E-state index in [1.165, 1.54) is 41.4 Å². The van der Waals surface area contributed by atoms with Gasteiger partial charge < -0.3 is 5.32 Å². The predicted octanol–water partition coefficient (Wildman–Crippen LogP) is 3.67. The Kier molecular flexibility index (Phi) is 5.58. The molecule has 1 aliphatic rings. The third kappa shape index (κ3) is 3.80. The van der Waals surface area contributed by atoms with Gasteiger partial charge in [-0.3, -0.25) is 4.90 Å². The van der Waals surface area contributed by atoms with Gasteiger partial charge in [-0.15, -0.1) is 11.3 Å². The van der Waals surface area contributed by atoms with Gasteiger partial charge in [0.2, 0.25) is 0 Å². The number of piperidine rings is 1. The Hall–Kier alpha value is -0.450. The highest BCUT2D eigenvalue weighted by Gasteiger charge is 2.25. The lowest BCUT2D eigenvalue weighted by Gasteiger charge is -2.37. The van der Waals surface area contributed by atoms with Crippen molar-refractivity contribution in [3.05, 3.63) is 15.6 Å². The maximum Gasteiger partial charge on any atom is 0.0900 e. The largest absolute Gasteiger partial charge is 0.313 e. The van der Waals surface area contributed by atoms with E-state index in [1.807, 2.05) is 11.3 Å². The summed E-state index contributed by atoms with van der Waals surface area (Å²) >= 11 is 1.86. The molecule has 0 amide bonds. The molecular formula is C16H29N3S. The third-order valence-electron chi connectivity index (χ3n) is 4.32. The van der Waals surface area contributed by atoms with E-state index in [4.69, 9.17) is 0 Å². The first kappa shape index (κ1) is 15.9. The summed E-state index contributed by atoms with van der Waals surface area (Å²) in [6, 6.07) is 1.68. The van der Waals surface area contributed by atoms with Gasteiger partial charge in [-0.2, -0.15) is 0 Å². The highest BCUT2D eigenvalue weighted by molar-refractivity contribution is 7.11. The zero-order valence-corrected chi connectivity index (χ0v) is 14.4. The molecule has 1 fully saturated rings. The predicted molar refractivity (Wildman–Crippen MR) is 87.5 cm³/mol. The third-order valence-corrected chi connectivity index (χ3v) is 5.57. The molecule has 2 unspecified atom stereocenters. The number of hydrogen-bond donors (Lipinski definition) is 1. The summed E-state index contributed by atoms with van der Waals surface area (Å²) in [5.74, 6) is 0. The molecule has 4 heteroatoms. The summed E-state index contributed by atoms with van der Waals surface area (Å²) in [5.41, 5.74) is 1.21. The Morgan fingerprint density at radius 1 is 1.30 bits per heavy atom. The fourth-order valence-electron chi connectivity index (χ4n) is 3.24. The number of aryl methyl sites for hydroxylation is 2. The van der Waals surface area contributed by atoms with Crippen molar-refractivity contribution in [3.8, 4) is 0 Å². The van der Waals surface area contributed by atoms with E-state index in [9.17, 15) is 0 Å². The fourth-order valence-corrected chi connectivity index (χ4v) is 4.24. The van der Waals surface area contributed by atoms with Crippen molar-refractivity contribution in [1.29, 1.82) is 0 Å². The molecule has 1 saturated heterocycles. The van der Waals surface area contributed by atoms with Crippen molar-refractivity contribution in [2.75, 3.05) is 13.1 Å². The Bertz CT molecular complexity index is 421. The molecule has 20 heavy (non-hydrogen) atoms. The van der Waals surface area contributed by atoms with Crippen LogP contribution in [0.2, 0.25) is 0 Å². The standard InChI is InChI=1S/C16H29N3S/c1-11(2)19(10-15-8-6-7-9-17-15)13(4)16-12(3)18-14(5)20-16/h11,13,15,17H,6-10H2,1-5H3. The summed E-state index contributed by atoms with van der Waals surface area (Å²) in [5, 5.41) is 4.86. The van der Waals surface area contributed by atoms with Gasteiger partial charge in [0.1, 0.15) is 0 Å². The molecule has 3 nitrogen and oxygen atoms in total. The van der Waals surface area contributed by atoms with E-state index in [-0.39, 0.29) is 0 Å². The minimum absolute atomic E-state index is 0.463. The molecular weight excluding hydrogens is 266 g/mol. The van der Waals surface area contributed by atoms with Crippen LogP contribution in [0.1, 0.15) is 61.7 Å². The molecule has 2 heterocycles. The second-order valence-electron chi connectivity index (χ2n) is 6.30. The van der Waals surface area contributed by atoms with Crippen LogP contribution in [-0.4, -0.2) is 35.1 Å². The molecule has 0 saturated carbocycles. The van der Waals surface area contributed by atoms with Gasteiger partial charge in [0.15, 0.2) is 0 Å². The molecule has 0 aromatic carbocycles. The van der Waals surface area contributed by atoms with Crippen LogP contribution in [0, 0.1) is 13.8 Å². The van der Waals surface area contributed by atoms with E-state index in [0.29, 0.717) is 18.1 Å². The van der Waals surface area contributed by atoms with Crippen LogP contribution >= 0.6 is 11.3 Å². The average Bonchev–Trinajstić information content (AvgIpc) is 2.75. The molecule has 114 valence electrons. The topological polar surface area (TPSA) is 28.2 Å². The van der Waals surface area contributed by atoms with Crippen molar-refractivity contribution < 1.29 is 0 Å². The van der Waals surface area contributed by atoms with Crippen molar-refractivity contribution in [1.82, 2.24) is 15.2 Å². The summed E-state index contributed by atoms with van der Waals surface area (Å²) in [6.45, 7) is 13.5. The highest BCUT2D eigenvalue weighted by Crippen LogP contribution is 2.30. The van der Waals surface area contributed by atoms with Gasteiger partial charge in [0, 0.05) is 29.5 Å². The van der Waals surface area contributed by atoms with Crippen LogP contribution in [0.3, 0.4) is 0 Å². The van der Waals surface area contributed by atoms with E-state index >= 15 is 0 Å². The molecule has 1 aromatic heterocycles. The van der Waals surface area contributed by atoms with Gasteiger partial charge in [-0.05, 0) is 54.0 Å². The Labute approximate surface area is 127 Å². The van der Waals surface area contributed by atoms with Crippen molar-refractivity contribution in [2.45, 2.75) is 72.0 Å². The number of rotatable bonds is 5. The summed E-state index contributed by atoms with van der Waals surface area (Å²) in [4.78, 5) is 8.66. The first-order valence-corrected chi connectivity index (χ1v) is 8.73. The first-order chi connectivity index (χ1) is 9.49. The Morgan fingerprint density at radius 2 is 2.05 bits per heavy atom. The normalized spacial score (nSPS) is 21.6. The molecule has 0 radical (unpaired) electrons. The number of thiazole rings is 1. The number of nitrogens with zero attached hydrogens (tertiary/aromatic N) is 2. The number of hydrogen-bond acceptors (Lipinski definition) is 4. The van der Waals surface area contributed by atoms with Crippen LogP contribution in [0.15, 0.2) is 0 Å². The number of nitrogens with one attached hydrogen (secondary N) is 1. The molecule has 0 spiro atoms. The van der Waals surface area contributed by atoms with Crippen molar-refractivity contribution in [2.24, 2.45) is 0 Å². The zero-order valence-electron chi connectivity index (χ0n) is 13.6. The molecule has 1 aromatic rings.